The van der Waals surface area contributed by atoms with Gasteiger partial charge < -0.3 is 14.2 Å². The van der Waals surface area contributed by atoms with E-state index in [0.717, 1.165) is 0 Å². The second-order valence-corrected chi connectivity index (χ2v) is 6.50. The third-order valence-electron chi connectivity index (χ3n) is 4.92. The molecule has 1 saturated heterocycles. The summed E-state index contributed by atoms with van der Waals surface area (Å²) in [6.45, 7) is 6.00. The van der Waals surface area contributed by atoms with E-state index in [1.54, 1.807) is 6.08 Å². The van der Waals surface area contributed by atoms with Gasteiger partial charge in [-0.15, -0.1) is 5.73 Å². The summed E-state index contributed by atoms with van der Waals surface area (Å²) < 4.78 is 16.3. The van der Waals surface area contributed by atoms with Crippen molar-refractivity contribution in [2.24, 2.45) is 17.3 Å². The van der Waals surface area contributed by atoms with Gasteiger partial charge in [-0.1, -0.05) is 18.4 Å². The summed E-state index contributed by atoms with van der Waals surface area (Å²) in [5, 5.41) is 19.6. The van der Waals surface area contributed by atoms with E-state index in [1.165, 1.54) is 6.92 Å². The molecular formula is C20H22N2O4. The van der Waals surface area contributed by atoms with E-state index < -0.39 is 17.2 Å². The maximum atomic E-state index is 10.8. The number of nitrogens with zero attached hydrogens (tertiary/aromatic N) is 2. The zero-order chi connectivity index (χ0) is 19.0. The molecule has 2 aliphatic rings. The normalized spacial score (nSPS) is 23.7. The van der Waals surface area contributed by atoms with Gasteiger partial charge in [-0.3, -0.25) is 4.79 Å². The summed E-state index contributed by atoms with van der Waals surface area (Å²) in [5.41, 5.74) is 1.52. The molecular weight excluding hydrogens is 332 g/mol. The van der Waals surface area contributed by atoms with Crippen molar-refractivity contribution in [2.75, 3.05) is 19.8 Å². The molecule has 2 rings (SSSR count). The Hall–Kier alpha value is -2.55. The predicted molar refractivity (Wildman–Crippen MR) is 91.9 cm³/mol. The molecule has 6 nitrogen and oxygen atoms in total. The van der Waals surface area contributed by atoms with Crippen molar-refractivity contribution in [3.63, 3.8) is 0 Å². The Morgan fingerprint density at radius 3 is 2.62 bits per heavy atom. The first-order chi connectivity index (χ1) is 12.5. The zero-order valence-electron chi connectivity index (χ0n) is 14.9. The number of hydrogen-bond donors (Lipinski definition) is 0. The fraction of sp³-hybridized carbons (Fsp3) is 0.600. The highest BCUT2D eigenvalue weighted by Gasteiger charge is 2.51. The number of ether oxygens (including phenoxy) is 3. The minimum Gasteiger partial charge on any atom is -0.453 e. The van der Waals surface area contributed by atoms with Gasteiger partial charge in [-0.05, 0) is 24.3 Å². The fourth-order valence-electron chi connectivity index (χ4n) is 3.68. The SMILES string of the molecule is C=C=CC1CC2(CCC1C(C#N)(C#N)CC#CCOC(C)=O)OCCO2. The van der Waals surface area contributed by atoms with Crippen LogP contribution in [-0.4, -0.2) is 31.6 Å². The molecule has 26 heavy (non-hydrogen) atoms. The molecule has 0 amide bonds. The Labute approximate surface area is 154 Å². The van der Waals surface area contributed by atoms with Crippen LogP contribution in [0.15, 0.2) is 18.4 Å². The predicted octanol–water partition coefficient (Wildman–Crippen LogP) is 2.48. The van der Waals surface area contributed by atoms with Crippen molar-refractivity contribution >= 4 is 5.97 Å². The van der Waals surface area contributed by atoms with Gasteiger partial charge in [0.15, 0.2) is 17.8 Å². The quantitative estimate of drug-likeness (QED) is 0.437. The number of carbonyl (C=O) groups is 1. The van der Waals surface area contributed by atoms with Gasteiger partial charge in [0.25, 0.3) is 0 Å². The van der Waals surface area contributed by atoms with E-state index in [2.05, 4.69) is 36.3 Å². The van der Waals surface area contributed by atoms with Gasteiger partial charge >= 0.3 is 5.97 Å². The van der Waals surface area contributed by atoms with Crippen molar-refractivity contribution in [3.8, 4) is 24.0 Å². The molecule has 136 valence electrons. The molecule has 0 aromatic heterocycles. The van der Waals surface area contributed by atoms with Crippen LogP contribution < -0.4 is 0 Å². The summed E-state index contributed by atoms with van der Waals surface area (Å²) in [7, 11) is 0. The van der Waals surface area contributed by atoms with Crippen LogP contribution in [0.3, 0.4) is 0 Å². The minimum absolute atomic E-state index is 0.0479. The van der Waals surface area contributed by atoms with Crippen LogP contribution in [0, 0.1) is 51.8 Å². The highest BCUT2D eigenvalue weighted by atomic mass is 16.7. The smallest absolute Gasteiger partial charge is 0.303 e. The van der Waals surface area contributed by atoms with Crippen molar-refractivity contribution < 1.29 is 19.0 Å². The highest BCUT2D eigenvalue weighted by Crippen LogP contribution is 2.49. The first-order valence-electron chi connectivity index (χ1n) is 8.56. The number of carbonyl (C=O) groups excluding carboxylic acids is 1. The zero-order valence-corrected chi connectivity index (χ0v) is 14.9. The standard InChI is InChI=1S/C20H22N2O4/c1-3-6-17-13-20(25-11-12-26-20)9-7-18(17)19(14-21,15-22)8-4-5-10-24-16(2)23/h6,17-18H,1,7-13H2,2H3. The average Bonchev–Trinajstić information content (AvgIpc) is 3.07. The molecule has 0 bridgehead atoms. The molecule has 2 unspecified atom stereocenters. The highest BCUT2D eigenvalue weighted by molar-refractivity contribution is 5.66. The van der Waals surface area contributed by atoms with Crippen LogP contribution >= 0.6 is 0 Å². The number of hydrogen-bond acceptors (Lipinski definition) is 6. The van der Waals surface area contributed by atoms with E-state index in [0.29, 0.717) is 32.5 Å². The lowest BCUT2D eigenvalue weighted by atomic mass is 9.62. The summed E-state index contributed by atoms with van der Waals surface area (Å²) >= 11 is 0. The molecule has 1 spiro atoms. The van der Waals surface area contributed by atoms with Crippen molar-refractivity contribution in [2.45, 2.75) is 38.4 Å². The van der Waals surface area contributed by atoms with E-state index in [4.69, 9.17) is 14.2 Å². The largest absolute Gasteiger partial charge is 0.453 e. The Balaban J connectivity index is 2.18. The number of allylic oxidation sites excluding steroid dienone is 1. The van der Waals surface area contributed by atoms with Crippen molar-refractivity contribution in [3.05, 3.63) is 18.4 Å². The fourth-order valence-corrected chi connectivity index (χ4v) is 3.68. The lowest BCUT2D eigenvalue weighted by molar-refractivity contribution is -0.194. The van der Waals surface area contributed by atoms with Crippen LogP contribution in [0.5, 0.6) is 0 Å². The molecule has 6 heteroatoms. The molecule has 1 heterocycles. The minimum atomic E-state index is -1.26. The Morgan fingerprint density at radius 2 is 2.04 bits per heavy atom. The number of rotatable bonds is 4. The number of esters is 1. The monoisotopic (exact) mass is 354 g/mol. The molecule has 1 aliphatic heterocycles. The van der Waals surface area contributed by atoms with Crippen LogP contribution in [0.1, 0.15) is 32.6 Å². The molecule has 1 saturated carbocycles. The maximum Gasteiger partial charge on any atom is 0.303 e. The summed E-state index contributed by atoms with van der Waals surface area (Å²) in [6, 6.07) is 4.36. The average molecular weight is 354 g/mol. The molecule has 0 N–H and O–H groups in total. The Bertz CT molecular complexity index is 708. The van der Waals surface area contributed by atoms with Gasteiger partial charge in [0.2, 0.25) is 0 Å². The van der Waals surface area contributed by atoms with Gasteiger partial charge in [0, 0.05) is 26.2 Å². The Morgan fingerprint density at radius 1 is 1.35 bits per heavy atom. The van der Waals surface area contributed by atoms with E-state index in [9.17, 15) is 15.3 Å². The van der Waals surface area contributed by atoms with E-state index in [-0.39, 0.29) is 24.9 Å². The number of nitriles is 2. The maximum absolute atomic E-state index is 10.8. The second-order valence-electron chi connectivity index (χ2n) is 6.50. The molecule has 0 aromatic rings. The first kappa shape index (κ1) is 19.8. The van der Waals surface area contributed by atoms with Gasteiger partial charge in [-0.2, -0.15) is 10.5 Å². The van der Waals surface area contributed by atoms with E-state index >= 15 is 0 Å². The summed E-state index contributed by atoms with van der Waals surface area (Å²) in [4.78, 5) is 10.8. The molecule has 1 aliphatic carbocycles. The lowest BCUT2D eigenvalue weighted by Gasteiger charge is -2.43. The molecule has 0 radical (unpaired) electrons. The van der Waals surface area contributed by atoms with Crippen LogP contribution in [0.2, 0.25) is 0 Å². The van der Waals surface area contributed by atoms with Crippen LogP contribution in [0.4, 0.5) is 0 Å². The second kappa shape index (κ2) is 8.70. The van der Waals surface area contributed by atoms with Crippen LogP contribution in [-0.2, 0) is 19.0 Å². The van der Waals surface area contributed by atoms with Gasteiger partial charge in [0.1, 0.15) is 0 Å². The molecule has 2 fully saturated rings. The molecule has 2 atom stereocenters. The first-order valence-corrected chi connectivity index (χ1v) is 8.56. The van der Waals surface area contributed by atoms with Crippen LogP contribution in [0.25, 0.3) is 0 Å². The van der Waals surface area contributed by atoms with Gasteiger partial charge in [0.05, 0.1) is 25.4 Å². The molecule has 0 aromatic carbocycles. The third-order valence-corrected chi connectivity index (χ3v) is 4.92. The van der Waals surface area contributed by atoms with Crippen molar-refractivity contribution in [1.29, 1.82) is 10.5 Å². The van der Waals surface area contributed by atoms with E-state index in [1.807, 2.05) is 0 Å². The topological polar surface area (TPSA) is 92.3 Å². The van der Waals surface area contributed by atoms with Gasteiger partial charge in [-0.25, -0.2) is 0 Å². The Kier molecular flexibility index (Phi) is 6.62. The van der Waals surface area contributed by atoms with Crippen molar-refractivity contribution in [1.82, 2.24) is 0 Å². The third kappa shape index (κ3) is 4.34. The lowest BCUT2D eigenvalue weighted by Crippen LogP contribution is -2.44. The summed E-state index contributed by atoms with van der Waals surface area (Å²) in [5.74, 6) is 4.11. The summed E-state index contributed by atoms with van der Waals surface area (Å²) in [6.07, 6.45) is 3.68.